The van der Waals surface area contributed by atoms with Gasteiger partial charge in [-0.3, -0.25) is 9.69 Å². The van der Waals surface area contributed by atoms with Gasteiger partial charge in [0.15, 0.2) is 5.78 Å². The van der Waals surface area contributed by atoms with E-state index in [0.717, 1.165) is 0 Å². The molecule has 5 nitrogen and oxygen atoms in total. The van der Waals surface area contributed by atoms with Crippen LogP contribution in [-0.2, 0) is 14.3 Å². The van der Waals surface area contributed by atoms with Gasteiger partial charge < -0.3 is 9.47 Å². The first-order valence-electron chi connectivity index (χ1n) is 10.2. The number of rotatable bonds is 2. The van der Waals surface area contributed by atoms with Crippen molar-refractivity contribution in [2.45, 2.75) is 31.9 Å². The van der Waals surface area contributed by atoms with E-state index in [9.17, 15) is 9.59 Å². The summed E-state index contributed by atoms with van der Waals surface area (Å²) in [5.41, 5.74) is 4.52. The van der Waals surface area contributed by atoms with Gasteiger partial charge in [-0.05, 0) is 28.2 Å². The van der Waals surface area contributed by atoms with Gasteiger partial charge in [0.05, 0.1) is 13.2 Å². The van der Waals surface area contributed by atoms with E-state index in [-0.39, 0.29) is 30.3 Å². The largest absolute Gasteiger partial charge is 0.453 e. The fraction of sp³-hybridized carbons (Fsp3) is 0.417. The molecule has 2 saturated heterocycles. The van der Waals surface area contributed by atoms with E-state index in [0.29, 0.717) is 6.54 Å². The second-order valence-electron chi connectivity index (χ2n) is 8.62. The topological polar surface area (TPSA) is 55.8 Å². The van der Waals surface area contributed by atoms with Crippen molar-refractivity contribution >= 4 is 11.9 Å². The number of carbonyl (C=O) groups is 2. The summed E-state index contributed by atoms with van der Waals surface area (Å²) in [4.78, 5) is 26.9. The lowest BCUT2D eigenvalue weighted by molar-refractivity contribution is -0.121. The number of carbonyl (C=O) groups excluding carboxylic acids is 2. The number of fused-ring (bicyclic) bond motifs is 4. The molecule has 5 rings (SSSR count). The van der Waals surface area contributed by atoms with Crippen LogP contribution in [0.2, 0.25) is 0 Å². The Morgan fingerprint density at radius 3 is 2.24 bits per heavy atom. The molecule has 0 saturated carbocycles. The highest BCUT2D eigenvalue weighted by molar-refractivity contribution is 5.92. The standard InChI is InChI=1S/C24H25NO4/c1-14(2)24(13-25(23(27)28-3)21-19(26)12-29-22(21)24)20-17-10-6-4-8-15(17)16-9-5-7-11-18(16)20/h4-11,14,20-22H,12-13H2,1-3H3/t21-,22+,24+/m1/s1. The molecule has 2 aromatic carbocycles. The van der Waals surface area contributed by atoms with Gasteiger partial charge in [-0.25, -0.2) is 4.79 Å². The first-order chi connectivity index (χ1) is 14.0. The van der Waals surface area contributed by atoms with Crippen LogP contribution in [0.25, 0.3) is 11.1 Å². The fourth-order valence-electron chi connectivity index (χ4n) is 5.92. The number of Topliss-reactive ketones (excluding diaryl/α,β-unsaturated/α-hetero) is 1. The maximum atomic E-state index is 12.7. The number of hydrogen-bond donors (Lipinski definition) is 0. The van der Waals surface area contributed by atoms with Crippen LogP contribution in [0.15, 0.2) is 48.5 Å². The van der Waals surface area contributed by atoms with E-state index >= 15 is 0 Å². The van der Waals surface area contributed by atoms with Crippen LogP contribution < -0.4 is 0 Å². The van der Waals surface area contributed by atoms with E-state index in [1.165, 1.54) is 29.4 Å². The molecule has 2 aromatic rings. The normalized spacial score (nSPS) is 27.9. The molecule has 150 valence electrons. The average Bonchev–Trinajstić information content (AvgIpc) is 3.38. The molecule has 3 aliphatic rings. The Morgan fingerprint density at radius 1 is 1.10 bits per heavy atom. The fourth-order valence-corrected chi connectivity index (χ4v) is 5.92. The third-order valence-corrected chi connectivity index (χ3v) is 7.19. The molecule has 2 fully saturated rings. The Kier molecular flexibility index (Phi) is 4.07. The van der Waals surface area contributed by atoms with Crippen molar-refractivity contribution in [2.75, 3.05) is 20.3 Å². The zero-order valence-electron chi connectivity index (χ0n) is 16.9. The van der Waals surface area contributed by atoms with E-state index < -0.39 is 17.6 Å². The first kappa shape index (κ1) is 18.4. The summed E-state index contributed by atoms with van der Waals surface area (Å²) in [5.74, 6) is 0.185. The molecule has 0 aromatic heterocycles. The van der Waals surface area contributed by atoms with Crippen LogP contribution in [-0.4, -0.2) is 49.2 Å². The summed E-state index contributed by atoms with van der Waals surface area (Å²) in [6.45, 7) is 4.83. The van der Waals surface area contributed by atoms with Gasteiger partial charge >= 0.3 is 6.09 Å². The molecule has 0 N–H and O–H groups in total. The lowest BCUT2D eigenvalue weighted by Gasteiger charge is -2.43. The molecule has 2 aliphatic heterocycles. The molecule has 0 unspecified atom stereocenters. The smallest absolute Gasteiger partial charge is 0.410 e. The summed E-state index contributed by atoms with van der Waals surface area (Å²) < 4.78 is 11.2. The molecule has 0 bridgehead atoms. The summed E-state index contributed by atoms with van der Waals surface area (Å²) >= 11 is 0. The van der Waals surface area contributed by atoms with Crippen LogP contribution in [0.1, 0.15) is 30.9 Å². The lowest BCUT2D eigenvalue weighted by Crippen LogP contribution is -2.45. The van der Waals surface area contributed by atoms with Crippen molar-refractivity contribution in [1.82, 2.24) is 4.90 Å². The van der Waals surface area contributed by atoms with Crippen LogP contribution in [0, 0.1) is 11.3 Å². The number of ether oxygens (including phenoxy) is 2. The van der Waals surface area contributed by atoms with Crippen molar-refractivity contribution in [1.29, 1.82) is 0 Å². The van der Waals surface area contributed by atoms with Crippen LogP contribution in [0.3, 0.4) is 0 Å². The maximum absolute atomic E-state index is 12.7. The molecular weight excluding hydrogens is 366 g/mol. The Labute approximate surface area is 170 Å². The predicted octanol–water partition coefficient (Wildman–Crippen LogP) is 3.86. The number of hydrogen-bond acceptors (Lipinski definition) is 4. The third-order valence-electron chi connectivity index (χ3n) is 7.19. The molecule has 1 amide bonds. The van der Waals surface area contributed by atoms with Gasteiger partial charge in [-0.2, -0.15) is 0 Å². The molecule has 29 heavy (non-hydrogen) atoms. The Bertz CT molecular complexity index is 954. The van der Waals surface area contributed by atoms with Gasteiger partial charge in [0.2, 0.25) is 0 Å². The van der Waals surface area contributed by atoms with Crippen molar-refractivity contribution in [3.63, 3.8) is 0 Å². The second kappa shape index (κ2) is 6.42. The van der Waals surface area contributed by atoms with Gasteiger partial charge in [-0.1, -0.05) is 62.4 Å². The van der Waals surface area contributed by atoms with Gasteiger partial charge in [-0.15, -0.1) is 0 Å². The zero-order chi connectivity index (χ0) is 20.3. The van der Waals surface area contributed by atoms with Crippen molar-refractivity contribution < 1.29 is 19.1 Å². The molecule has 3 atom stereocenters. The van der Waals surface area contributed by atoms with Gasteiger partial charge in [0, 0.05) is 17.9 Å². The predicted molar refractivity (Wildman–Crippen MR) is 109 cm³/mol. The van der Waals surface area contributed by atoms with Crippen LogP contribution >= 0.6 is 0 Å². The zero-order valence-corrected chi connectivity index (χ0v) is 16.9. The van der Waals surface area contributed by atoms with Crippen LogP contribution in [0.5, 0.6) is 0 Å². The minimum Gasteiger partial charge on any atom is -0.453 e. The number of nitrogens with zero attached hydrogens (tertiary/aromatic N) is 1. The van der Waals surface area contributed by atoms with Crippen molar-refractivity contribution in [2.24, 2.45) is 11.3 Å². The minimum absolute atomic E-state index is 0.0394. The number of ketones is 1. The molecule has 2 heterocycles. The summed E-state index contributed by atoms with van der Waals surface area (Å²) in [7, 11) is 1.37. The van der Waals surface area contributed by atoms with Gasteiger partial charge in [0.1, 0.15) is 12.6 Å². The first-order valence-corrected chi connectivity index (χ1v) is 10.2. The second-order valence-corrected chi connectivity index (χ2v) is 8.62. The number of likely N-dealkylation sites (tertiary alicyclic amines) is 1. The van der Waals surface area contributed by atoms with E-state index in [1.54, 1.807) is 4.90 Å². The Morgan fingerprint density at radius 2 is 1.69 bits per heavy atom. The average molecular weight is 391 g/mol. The van der Waals surface area contributed by atoms with Crippen molar-refractivity contribution in [3.8, 4) is 11.1 Å². The molecular formula is C24H25NO4. The highest BCUT2D eigenvalue weighted by Crippen LogP contribution is 2.61. The quantitative estimate of drug-likeness (QED) is 0.780. The molecule has 5 heteroatoms. The highest BCUT2D eigenvalue weighted by Gasteiger charge is 2.65. The molecule has 0 spiro atoms. The third kappa shape index (κ3) is 2.31. The summed E-state index contributed by atoms with van der Waals surface area (Å²) in [6, 6.07) is 16.4. The minimum atomic E-state index is -0.579. The molecule has 1 aliphatic carbocycles. The van der Waals surface area contributed by atoms with Gasteiger partial charge in [0.25, 0.3) is 0 Å². The number of amides is 1. The molecule has 0 radical (unpaired) electrons. The number of benzene rings is 2. The summed E-state index contributed by atoms with van der Waals surface area (Å²) in [5, 5.41) is 0. The SMILES string of the molecule is COC(=O)N1C[C@](C(C)C)(C2c3ccccc3-c3ccccc32)[C@H]2OCC(=O)[C@H]21. The van der Waals surface area contributed by atoms with Crippen molar-refractivity contribution in [3.05, 3.63) is 59.7 Å². The van der Waals surface area contributed by atoms with E-state index in [1.807, 2.05) is 0 Å². The van der Waals surface area contributed by atoms with Crippen LogP contribution in [0.4, 0.5) is 4.79 Å². The Hall–Kier alpha value is -2.66. The summed E-state index contributed by atoms with van der Waals surface area (Å²) in [6.07, 6.45) is -0.806. The lowest BCUT2D eigenvalue weighted by atomic mass is 9.61. The Balaban J connectivity index is 1.74. The van der Waals surface area contributed by atoms with E-state index in [4.69, 9.17) is 9.47 Å². The number of methoxy groups -OCH3 is 1. The maximum Gasteiger partial charge on any atom is 0.410 e. The highest BCUT2D eigenvalue weighted by atomic mass is 16.5. The monoisotopic (exact) mass is 391 g/mol. The van der Waals surface area contributed by atoms with E-state index in [2.05, 4.69) is 62.4 Å².